The molecule has 4 rings (SSSR count). The van der Waals surface area contributed by atoms with Crippen LogP contribution >= 0.6 is 0 Å². The number of ether oxygens (including phenoxy) is 2. The first-order valence-corrected chi connectivity index (χ1v) is 12.9. The van der Waals surface area contributed by atoms with Crippen molar-refractivity contribution in [2.45, 2.75) is 58.3 Å². The van der Waals surface area contributed by atoms with Crippen molar-refractivity contribution in [1.29, 1.82) is 0 Å². The lowest BCUT2D eigenvalue weighted by atomic mass is 10.0. The lowest BCUT2D eigenvalue weighted by Gasteiger charge is -2.13. The van der Waals surface area contributed by atoms with Crippen LogP contribution in [-0.2, 0) is 4.74 Å². The summed E-state index contributed by atoms with van der Waals surface area (Å²) in [4.78, 5) is 34.4. The summed E-state index contributed by atoms with van der Waals surface area (Å²) < 4.78 is 11.0. The number of carbonyl (C=O) groups is 2. The Kier molecular flexibility index (Phi) is 8.38. The molecular weight excluding hydrogens is 470 g/mol. The Morgan fingerprint density at radius 3 is 2.19 bits per heavy atom. The number of nitrogens with zero attached hydrogens (tertiary/aromatic N) is 2. The van der Waals surface area contributed by atoms with E-state index in [1.165, 1.54) is 45.3 Å². The second kappa shape index (κ2) is 11.9. The van der Waals surface area contributed by atoms with Gasteiger partial charge in [-0.1, -0.05) is 76.1 Å². The molecule has 37 heavy (non-hydrogen) atoms. The topological polar surface area (TPSA) is 125 Å². The van der Waals surface area contributed by atoms with Crippen molar-refractivity contribution in [3.63, 3.8) is 0 Å². The molecule has 0 saturated carbocycles. The van der Waals surface area contributed by atoms with E-state index >= 15 is 0 Å². The Hall–Kier alpha value is -3.94. The lowest BCUT2D eigenvalue weighted by Crippen LogP contribution is -2.13. The highest BCUT2D eigenvalue weighted by Crippen LogP contribution is 2.37. The van der Waals surface area contributed by atoms with E-state index in [9.17, 15) is 14.7 Å². The van der Waals surface area contributed by atoms with E-state index in [2.05, 4.69) is 11.9 Å². The number of rotatable bonds is 12. The van der Waals surface area contributed by atoms with Crippen LogP contribution in [0.25, 0.3) is 32.8 Å². The summed E-state index contributed by atoms with van der Waals surface area (Å²) in [5.74, 6) is -1.26. The number of amides is 1. The van der Waals surface area contributed by atoms with Crippen LogP contribution in [0.5, 0.6) is 11.5 Å². The first kappa shape index (κ1) is 26.1. The average Bonchev–Trinajstić information content (AvgIpc) is 2.90. The highest BCUT2D eigenvalue weighted by atomic mass is 16.5. The van der Waals surface area contributed by atoms with Crippen molar-refractivity contribution >= 4 is 44.7 Å². The highest BCUT2D eigenvalue weighted by molar-refractivity contribution is 6.19. The number of nitrogens with two attached hydrogens (primary N) is 1. The smallest absolute Gasteiger partial charge is 0.341 e. The number of primary amides is 1. The first-order valence-electron chi connectivity index (χ1n) is 12.9. The monoisotopic (exact) mass is 503 g/mol. The molecule has 0 aliphatic heterocycles. The predicted molar refractivity (Wildman–Crippen MR) is 144 cm³/mol. The quantitative estimate of drug-likeness (QED) is 0.104. The molecule has 8 nitrogen and oxygen atoms in total. The van der Waals surface area contributed by atoms with E-state index in [1.807, 2.05) is 6.07 Å². The van der Waals surface area contributed by atoms with Gasteiger partial charge in [0.15, 0.2) is 0 Å². The molecule has 4 aromatic rings. The normalized spacial score (nSPS) is 11.3. The molecule has 3 N–H and O–H groups in total. The molecule has 0 fully saturated rings. The van der Waals surface area contributed by atoms with Gasteiger partial charge >= 0.3 is 5.97 Å². The molecule has 0 bridgehead atoms. The Balaban J connectivity index is 1.60. The van der Waals surface area contributed by atoms with Crippen LogP contribution in [0.2, 0.25) is 0 Å². The van der Waals surface area contributed by atoms with E-state index in [0.717, 1.165) is 19.3 Å². The third-order valence-corrected chi connectivity index (χ3v) is 6.59. The number of hydrogen-bond acceptors (Lipinski definition) is 7. The van der Waals surface area contributed by atoms with Gasteiger partial charge < -0.3 is 20.3 Å². The highest BCUT2D eigenvalue weighted by Gasteiger charge is 2.22. The van der Waals surface area contributed by atoms with E-state index in [4.69, 9.17) is 20.2 Å². The molecular formula is C29H33N3O5. The Labute approximate surface area is 215 Å². The van der Waals surface area contributed by atoms with Gasteiger partial charge in [-0.05, 0) is 12.5 Å². The molecule has 1 heterocycles. The second-order valence-electron chi connectivity index (χ2n) is 9.21. The predicted octanol–water partition coefficient (Wildman–Crippen LogP) is 6.05. The number of methoxy groups -OCH3 is 1. The fourth-order valence-corrected chi connectivity index (χ4v) is 4.63. The van der Waals surface area contributed by atoms with E-state index in [1.54, 1.807) is 24.3 Å². The minimum Gasteiger partial charge on any atom is -0.506 e. The number of hydrogen-bond donors (Lipinski definition) is 2. The molecule has 0 saturated heterocycles. The zero-order chi connectivity index (χ0) is 26.4. The average molecular weight is 504 g/mol. The summed E-state index contributed by atoms with van der Waals surface area (Å²) in [5.41, 5.74) is 7.11. The summed E-state index contributed by atoms with van der Waals surface area (Å²) in [6.07, 6.45) is 9.21. The summed E-state index contributed by atoms with van der Waals surface area (Å²) in [6.45, 7) is 2.53. The van der Waals surface area contributed by atoms with Gasteiger partial charge in [0.05, 0.1) is 30.3 Å². The fraction of sp³-hybridized carbons (Fsp3) is 0.379. The second-order valence-corrected chi connectivity index (χ2v) is 9.21. The number of aromatic nitrogens is 2. The van der Waals surface area contributed by atoms with Crippen LogP contribution < -0.4 is 10.5 Å². The number of carbonyl (C=O) groups excluding carboxylic acids is 2. The van der Waals surface area contributed by atoms with E-state index in [-0.39, 0.29) is 22.4 Å². The summed E-state index contributed by atoms with van der Waals surface area (Å²) in [6, 6.07) is 10.2. The number of phenols is 1. The fourth-order valence-electron chi connectivity index (χ4n) is 4.63. The van der Waals surface area contributed by atoms with Crippen LogP contribution in [0.15, 0.2) is 36.4 Å². The van der Waals surface area contributed by atoms with Gasteiger partial charge in [0.25, 0.3) is 5.91 Å². The molecule has 3 aromatic carbocycles. The van der Waals surface area contributed by atoms with Crippen molar-refractivity contribution in [3.05, 3.63) is 47.5 Å². The Bertz CT molecular complexity index is 1450. The zero-order valence-corrected chi connectivity index (χ0v) is 21.4. The number of benzene rings is 3. The summed E-state index contributed by atoms with van der Waals surface area (Å²) >= 11 is 0. The summed E-state index contributed by atoms with van der Waals surface area (Å²) in [5, 5.41) is 11.8. The number of unbranched alkanes of at least 4 members (excludes halogenated alkanes) is 7. The van der Waals surface area contributed by atoms with Gasteiger partial charge in [-0.15, -0.1) is 0 Å². The molecule has 1 amide bonds. The minimum atomic E-state index is -0.819. The molecule has 0 radical (unpaired) electrons. The van der Waals surface area contributed by atoms with Gasteiger partial charge in [0, 0.05) is 16.8 Å². The number of esters is 1. The minimum absolute atomic E-state index is 0.113. The van der Waals surface area contributed by atoms with Crippen LogP contribution in [0.3, 0.4) is 0 Å². The molecule has 1 aromatic heterocycles. The van der Waals surface area contributed by atoms with Crippen molar-refractivity contribution in [3.8, 4) is 11.5 Å². The molecule has 0 aliphatic rings. The van der Waals surface area contributed by atoms with Crippen molar-refractivity contribution in [2.24, 2.45) is 5.73 Å². The number of fused-ring (bicyclic) bond motifs is 4. The van der Waals surface area contributed by atoms with Crippen molar-refractivity contribution < 1.29 is 24.2 Å². The van der Waals surface area contributed by atoms with Crippen LogP contribution in [0.4, 0.5) is 0 Å². The van der Waals surface area contributed by atoms with Gasteiger partial charge in [-0.3, -0.25) is 4.79 Å². The largest absolute Gasteiger partial charge is 0.506 e. The zero-order valence-electron chi connectivity index (χ0n) is 21.4. The molecule has 0 atom stereocenters. The summed E-state index contributed by atoms with van der Waals surface area (Å²) in [7, 11) is 1.48. The van der Waals surface area contributed by atoms with Crippen molar-refractivity contribution in [1.82, 2.24) is 9.97 Å². The molecule has 0 unspecified atom stereocenters. The third-order valence-electron chi connectivity index (χ3n) is 6.59. The van der Waals surface area contributed by atoms with Crippen LogP contribution in [-0.4, -0.2) is 40.7 Å². The molecule has 194 valence electrons. The molecule has 0 aliphatic carbocycles. The third kappa shape index (κ3) is 5.58. The first-order chi connectivity index (χ1) is 18.0. The van der Waals surface area contributed by atoms with E-state index < -0.39 is 11.9 Å². The maximum Gasteiger partial charge on any atom is 0.341 e. The van der Waals surface area contributed by atoms with Crippen molar-refractivity contribution in [2.75, 3.05) is 13.7 Å². The standard InChI is InChI=1S/C29H33N3O5/c1-3-4-5-6-7-8-9-12-15-37-29(35)20-16-21-22(17-23(20)36-2)31-25-18-13-10-11-14-19(18)27(33)24(28(30)34)26(25)32-21/h10-11,13-14,16-17,33H,3-9,12,15H2,1-2H3,(H2,30,34). The van der Waals surface area contributed by atoms with E-state index in [0.29, 0.717) is 39.7 Å². The van der Waals surface area contributed by atoms with Gasteiger partial charge in [-0.25, -0.2) is 14.8 Å². The molecule has 8 heteroatoms. The SMILES string of the molecule is CCCCCCCCCCOC(=O)c1cc2nc3c(C(N)=O)c(O)c4ccccc4c3nc2cc1OC. The van der Waals surface area contributed by atoms with Gasteiger partial charge in [0.2, 0.25) is 0 Å². The number of aromatic hydroxyl groups is 1. The molecule has 0 spiro atoms. The van der Waals surface area contributed by atoms with Gasteiger partial charge in [-0.2, -0.15) is 0 Å². The maximum absolute atomic E-state index is 12.9. The Morgan fingerprint density at radius 1 is 0.892 bits per heavy atom. The van der Waals surface area contributed by atoms with Crippen LogP contribution in [0, 0.1) is 0 Å². The van der Waals surface area contributed by atoms with Crippen LogP contribution in [0.1, 0.15) is 79.0 Å². The van der Waals surface area contributed by atoms with Gasteiger partial charge in [0.1, 0.15) is 28.1 Å². The maximum atomic E-state index is 12.9. The Morgan fingerprint density at radius 2 is 1.51 bits per heavy atom. The lowest BCUT2D eigenvalue weighted by molar-refractivity contribution is 0.0494.